The number of hydrogen-bond donors (Lipinski definition) is 0. The summed E-state index contributed by atoms with van der Waals surface area (Å²) in [5.41, 5.74) is 3.41. The number of rotatable bonds is 4. The predicted molar refractivity (Wildman–Crippen MR) is 92.0 cm³/mol. The normalized spacial score (nSPS) is 11.5. The fourth-order valence-electron chi connectivity index (χ4n) is 2.39. The Morgan fingerprint density at radius 1 is 1.23 bits per heavy atom. The van der Waals surface area contributed by atoms with E-state index in [2.05, 4.69) is 47.8 Å². The third kappa shape index (κ3) is 4.07. The number of nitrogens with zero attached hydrogens (tertiary/aromatic N) is 1. The highest BCUT2D eigenvalue weighted by molar-refractivity contribution is 9.08. The summed E-state index contributed by atoms with van der Waals surface area (Å²) in [5, 5.41) is 0.734. The number of aromatic nitrogens is 1. The minimum atomic E-state index is -0.282. The van der Waals surface area contributed by atoms with E-state index < -0.39 is 0 Å². The molecule has 2 aromatic rings. The van der Waals surface area contributed by atoms with E-state index in [4.69, 9.17) is 4.74 Å². The predicted octanol–water partition coefficient (Wildman–Crippen LogP) is 5.38. The fraction of sp³-hybridized carbons (Fsp3) is 0.389. The molecule has 2 rings (SSSR count). The molecular formula is C18H21BrFNO. The van der Waals surface area contributed by atoms with Gasteiger partial charge in [0.1, 0.15) is 11.6 Å². The lowest BCUT2D eigenvalue weighted by molar-refractivity contribution is 0.410. The van der Waals surface area contributed by atoms with Gasteiger partial charge in [-0.3, -0.25) is 4.98 Å². The van der Waals surface area contributed by atoms with Crippen molar-refractivity contribution in [1.29, 1.82) is 0 Å². The second-order valence-electron chi connectivity index (χ2n) is 6.57. The van der Waals surface area contributed by atoms with Crippen molar-refractivity contribution in [3.05, 3.63) is 47.4 Å². The van der Waals surface area contributed by atoms with Crippen LogP contribution in [0.1, 0.15) is 31.9 Å². The largest absolute Gasteiger partial charge is 0.497 e. The van der Waals surface area contributed by atoms with Crippen molar-refractivity contribution < 1.29 is 9.13 Å². The van der Waals surface area contributed by atoms with Crippen LogP contribution in [0, 0.1) is 11.2 Å². The maximum atomic E-state index is 14.3. The van der Waals surface area contributed by atoms with Crippen LogP contribution in [0.25, 0.3) is 11.3 Å². The van der Waals surface area contributed by atoms with Gasteiger partial charge < -0.3 is 4.74 Å². The van der Waals surface area contributed by atoms with E-state index >= 15 is 0 Å². The number of hydrogen-bond acceptors (Lipinski definition) is 2. The molecule has 0 spiro atoms. The molecule has 0 bridgehead atoms. The minimum absolute atomic E-state index is 0.0940. The third-order valence-electron chi connectivity index (χ3n) is 3.33. The highest BCUT2D eigenvalue weighted by Crippen LogP contribution is 2.32. The average Bonchev–Trinajstić information content (AvgIpc) is 2.46. The molecule has 4 heteroatoms. The molecule has 0 aliphatic heterocycles. The molecule has 0 unspecified atom stereocenters. The number of methoxy groups -OCH3 is 1. The first-order chi connectivity index (χ1) is 10.3. The molecule has 0 fully saturated rings. The molecule has 0 N–H and O–H groups in total. The molecule has 2 nitrogen and oxygen atoms in total. The van der Waals surface area contributed by atoms with Gasteiger partial charge in [0.25, 0.3) is 0 Å². The Kier molecular flexibility index (Phi) is 5.22. The molecule has 0 radical (unpaired) electrons. The number of ether oxygens (including phenoxy) is 1. The Labute approximate surface area is 139 Å². The lowest BCUT2D eigenvalue weighted by Crippen LogP contribution is -2.11. The lowest BCUT2D eigenvalue weighted by Gasteiger charge is -2.21. The number of halogens is 2. The minimum Gasteiger partial charge on any atom is -0.497 e. The van der Waals surface area contributed by atoms with Crippen LogP contribution < -0.4 is 4.74 Å². The zero-order valence-corrected chi connectivity index (χ0v) is 15.0. The molecule has 0 amide bonds. The summed E-state index contributed by atoms with van der Waals surface area (Å²) in [6.07, 6.45) is 2.61. The van der Waals surface area contributed by atoms with Gasteiger partial charge in [-0.1, -0.05) is 42.8 Å². The number of pyridine rings is 1. The van der Waals surface area contributed by atoms with E-state index in [0.29, 0.717) is 17.0 Å². The van der Waals surface area contributed by atoms with E-state index in [1.807, 2.05) is 0 Å². The van der Waals surface area contributed by atoms with Crippen molar-refractivity contribution in [1.82, 2.24) is 4.98 Å². The highest BCUT2D eigenvalue weighted by Gasteiger charge is 2.18. The van der Waals surface area contributed by atoms with Gasteiger partial charge in [-0.2, -0.15) is 0 Å². The van der Waals surface area contributed by atoms with Crippen LogP contribution in [0.2, 0.25) is 0 Å². The van der Waals surface area contributed by atoms with Crippen LogP contribution in [0.15, 0.2) is 30.5 Å². The second-order valence-corrected chi connectivity index (χ2v) is 7.13. The first kappa shape index (κ1) is 16.9. The molecular weight excluding hydrogens is 345 g/mol. The number of benzene rings is 1. The van der Waals surface area contributed by atoms with Crippen LogP contribution >= 0.6 is 15.9 Å². The highest BCUT2D eigenvalue weighted by atomic mass is 79.9. The Hall–Kier alpha value is -1.42. The molecule has 1 aromatic carbocycles. The molecule has 118 valence electrons. The summed E-state index contributed by atoms with van der Waals surface area (Å²) >= 11 is 3.46. The van der Waals surface area contributed by atoms with Crippen molar-refractivity contribution in [2.24, 2.45) is 5.41 Å². The first-order valence-electron chi connectivity index (χ1n) is 7.22. The first-order valence-corrected chi connectivity index (χ1v) is 8.34. The van der Waals surface area contributed by atoms with Crippen molar-refractivity contribution in [2.75, 3.05) is 7.11 Å². The quantitative estimate of drug-likeness (QED) is 0.678. The summed E-state index contributed by atoms with van der Waals surface area (Å²) in [6.45, 7) is 6.50. The van der Waals surface area contributed by atoms with Crippen molar-refractivity contribution in [3.8, 4) is 17.0 Å². The monoisotopic (exact) mass is 365 g/mol. The van der Waals surface area contributed by atoms with Gasteiger partial charge in [0.2, 0.25) is 0 Å². The maximum absolute atomic E-state index is 14.3. The van der Waals surface area contributed by atoms with Gasteiger partial charge in [0.05, 0.1) is 12.8 Å². The van der Waals surface area contributed by atoms with Gasteiger partial charge >= 0.3 is 0 Å². The van der Waals surface area contributed by atoms with Crippen LogP contribution in [-0.2, 0) is 11.8 Å². The van der Waals surface area contributed by atoms with Crippen molar-refractivity contribution in [3.63, 3.8) is 0 Å². The van der Waals surface area contributed by atoms with E-state index in [1.54, 1.807) is 25.4 Å². The van der Waals surface area contributed by atoms with Crippen molar-refractivity contribution in [2.45, 2.75) is 32.5 Å². The third-order valence-corrected chi connectivity index (χ3v) is 3.97. The molecule has 1 heterocycles. The van der Waals surface area contributed by atoms with Crippen LogP contribution in [0.4, 0.5) is 4.39 Å². The zero-order chi connectivity index (χ0) is 16.3. The Balaban J connectivity index is 2.59. The Morgan fingerprint density at radius 3 is 2.55 bits per heavy atom. The van der Waals surface area contributed by atoms with Gasteiger partial charge in [0, 0.05) is 17.1 Å². The van der Waals surface area contributed by atoms with Gasteiger partial charge in [0.15, 0.2) is 0 Å². The zero-order valence-electron chi connectivity index (χ0n) is 13.4. The summed E-state index contributed by atoms with van der Waals surface area (Å²) < 4.78 is 19.5. The fourth-order valence-corrected chi connectivity index (χ4v) is 2.70. The van der Waals surface area contributed by atoms with E-state index in [1.165, 1.54) is 6.07 Å². The van der Waals surface area contributed by atoms with Gasteiger partial charge in [-0.05, 0) is 41.2 Å². The Bertz CT molecular complexity index is 665. The van der Waals surface area contributed by atoms with E-state index in [-0.39, 0.29) is 11.2 Å². The van der Waals surface area contributed by atoms with Crippen LogP contribution in [0.3, 0.4) is 0 Å². The lowest BCUT2D eigenvalue weighted by atomic mass is 9.86. The molecule has 0 atom stereocenters. The molecule has 22 heavy (non-hydrogen) atoms. The molecule has 1 aromatic heterocycles. The molecule has 0 aliphatic rings. The Morgan fingerprint density at radius 2 is 1.95 bits per heavy atom. The summed E-state index contributed by atoms with van der Waals surface area (Å²) in [7, 11) is 1.58. The SMILES string of the molecule is COc1ccc(F)c(-c2ncc(CBr)cc2CC(C)(C)C)c1. The molecule has 0 saturated carbocycles. The summed E-state index contributed by atoms with van der Waals surface area (Å²) in [6, 6.07) is 6.85. The molecule has 0 aliphatic carbocycles. The summed E-state index contributed by atoms with van der Waals surface area (Å²) in [4.78, 5) is 4.51. The summed E-state index contributed by atoms with van der Waals surface area (Å²) in [5.74, 6) is 0.347. The molecule has 0 saturated heterocycles. The van der Waals surface area contributed by atoms with Crippen LogP contribution in [0.5, 0.6) is 5.75 Å². The second kappa shape index (κ2) is 6.78. The van der Waals surface area contributed by atoms with Gasteiger partial charge in [-0.15, -0.1) is 0 Å². The number of alkyl halides is 1. The van der Waals surface area contributed by atoms with Gasteiger partial charge in [-0.25, -0.2) is 4.39 Å². The van der Waals surface area contributed by atoms with Crippen molar-refractivity contribution >= 4 is 15.9 Å². The van der Waals surface area contributed by atoms with E-state index in [0.717, 1.165) is 22.9 Å². The topological polar surface area (TPSA) is 22.1 Å². The standard InChI is InChI=1S/C18H21BrFNO/c1-18(2,3)9-13-7-12(10-19)11-21-17(13)15-8-14(22-4)5-6-16(15)20/h5-8,11H,9-10H2,1-4H3. The smallest absolute Gasteiger partial charge is 0.132 e. The maximum Gasteiger partial charge on any atom is 0.132 e. The average molecular weight is 366 g/mol. The van der Waals surface area contributed by atoms with Crippen LogP contribution in [-0.4, -0.2) is 12.1 Å². The van der Waals surface area contributed by atoms with E-state index in [9.17, 15) is 4.39 Å².